The van der Waals surface area contributed by atoms with Crippen LogP contribution in [-0.2, 0) is 4.79 Å². The predicted octanol–water partition coefficient (Wildman–Crippen LogP) is 4.21. The quantitative estimate of drug-likeness (QED) is 0.368. The lowest BCUT2D eigenvalue weighted by Crippen LogP contribution is -2.14. The molecule has 2 rings (SSSR count). The van der Waals surface area contributed by atoms with Gasteiger partial charge in [-0.05, 0) is 59.4 Å². The predicted molar refractivity (Wildman–Crippen MR) is 101 cm³/mol. The molecule has 0 radical (unpaired) electrons. The highest BCUT2D eigenvalue weighted by Crippen LogP contribution is 2.30. The van der Waals surface area contributed by atoms with E-state index in [1.807, 2.05) is 22.6 Å². The monoisotopic (exact) mass is 454 g/mol. The molecule has 24 heavy (non-hydrogen) atoms. The smallest absolute Gasteiger partial charge is 0.266 e. The fourth-order valence-electron chi connectivity index (χ4n) is 1.92. The number of nitrogens with one attached hydrogen (secondary N) is 1. The number of benzene rings is 2. The molecule has 0 aromatic heterocycles. The van der Waals surface area contributed by atoms with Gasteiger partial charge in [-0.3, -0.25) is 4.79 Å². The number of amides is 1. The second-order valence-electron chi connectivity index (χ2n) is 4.90. The van der Waals surface area contributed by atoms with Crippen LogP contribution >= 0.6 is 34.2 Å². The van der Waals surface area contributed by atoms with Crippen molar-refractivity contribution in [3.63, 3.8) is 0 Å². The lowest BCUT2D eigenvalue weighted by Gasteiger charge is -2.09. The van der Waals surface area contributed by atoms with Crippen molar-refractivity contribution in [3.8, 4) is 17.6 Å². The van der Waals surface area contributed by atoms with Crippen LogP contribution in [0.4, 0.5) is 5.69 Å². The van der Waals surface area contributed by atoms with Gasteiger partial charge in [0.2, 0.25) is 0 Å². The van der Waals surface area contributed by atoms with Gasteiger partial charge in [0.25, 0.3) is 5.91 Å². The fraction of sp³-hybridized carbons (Fsp3) is 0.0588. The molecule has 0 aliphatic heterocycles. The second kappa shape index (κ2) is 7.55. The molecular weight excluding hydrogens is 443 g/mol. The summed E-state index contributed by atoms with van der Waals surface area (Å²) in [6, 6.07) is 9.50. The third-order valence-electron chi connectivity index (χ3n) is 3.28. The Balaban J connectivity index is 2.35. The molecule has 1 amide bonds. The number of halogens is 2. The summed E-state index contributed by atoms with van der Waals surface area (Å²) >= 11 is 7.89. The van der Waals surface area contributed by atoms with Gasteiger partial charge in [0.15, 0.2) is 0 Å². The number of phenols is 2. The van der Waals surface area contributed by atoms with Crippen LogP contribution < -0.4 is 5.32 Å². The standard InChI is InChI=1S/C17H12ClIN2O3/c1-9-12(18)3-2-4-14(9)21-17(24)11(8-20)5-10-6-13(19)16(23)7-15(10)22/h2-7,22-23H,1H3,(H,21,24)/b11-5-. The first kappa shape index (κ1) is 18.1. The number of rotatable bonds is 3. The summed E-state index contributed by atoms with van der Waals surface area (Å²) in [7, 11) is 0. The molecule has 0 aliphatic rings. The van der Waals surface area contributed by atoms with Crippen molar-refractivity contribution < 1.29 is 15.0 Å². The molecule has 2 aromatic carbocycles. The van der Waals surface area contributed by atoms with Crippen LogP contribution in [-0.4, -0.2) is 16.1 Å². The zero-order chi connectivity index (χ0) is 17.9. The molecule has 0 fully saturated rings. The van der Waals surface area contributed by atoms with Gasteiger partial charge in [0.1, 0.15) is 23.1 Å². The van der Waals surface area contributed by atoms with Crippen LogP contribution in [0.3, 0.4) is 0 Å². The molecule has 0 saturated heterocycles. The summed E-state index contributed by atoms with van der Waals surface area (Å²) < 4.78 is 0.486. The Morgan fingerprint density at radius 3 is 2.71 bits per heavy atom. The topological polar surface area (TPSA) is 93.4 Å². The Hall–Kier alpha value is -2.24. The van der Waals surface area contributed by atoms with Crippen molar-refractivity contribution in [2.45, 2.75) is 6.92 Å². The van der Waals surface area contributed by atoms with E-state index in [0.717, 1.165) is 6.07 Å². The van der Waals surface area contributed by atoms with Gasteiger partial charge in [0, 0.05) is 22.3 Å². The lowest BCUT2D eigenvalue weighted by molar-refractivity contribution is -0.112. The molecule has 0 unspecified atom stereocenters. The van der Waals surface area contributed by atoms with Gasteiger partial charge in [0.05, 0.1) is 3.57 Å². The number of carbonyl (C=O) groups is 1. The van der Waals surface area contributed by atoms with Gasteiger partial charge >= 0.3 is 0 Å². The van der Waals surface area contributed by atoms with Crippen molar-refractivity contribution in [1.82, 2.24) is 0 Å². The highest BCUT2D eigenvalue weighted by molar-refractivity contribution is 14.1. The van der Waals surface area contributed by atoms with Crippen LogP contribution in [0.15, 0.2) is 35.9 Å². The van der Waals surface area contributed by atoms with Gasteiger partial charge in [-0.1, -0.05) is 17.7 Å². The van der Waals surface area contributed by atoms with E-state index in [0.29, 0.717) is 19.8 Å². The van der Waals surface area contributed by atoms with E-state index < -0.39 is 5.91 Å². The molecule has 5 nitrogen and oxygen atoms in total. The molecule has 0 saturated carbocycles. The fourth-order valence-corrected chi connectivity index (χ4v) is 2.58. The molecule has 2 aromatic rings. The Bertz CT molecular complexity index is 888. The number of carbonyl (C=O) groups excluding carboxylic acids is 1. The average Bonchev–Trinajstić information content (AvgIpc) is 2.54. The Kier molecular flexibility index (Phi) is 5.70. The van der Waals surface area contributed by atoms with Crippen molar-refractivity contribution in [1.29, 1.82) is 5.26 Å². The average molecular weight is 455 g/mol. The molecule has 0 spiro atoms. The number of aromatic hydroxyl groups is 2. The highest BCUT2D eigenvalue weighted by Gasteiger charge is 2.14. The largest absolute Gasteiger partial charge is 0.507 e. The Labute approximate surface area is 157 Å². The van der Waals surface area contributed by atoms with E-state index in [9.17, 15) is 20.3 Å². The van der Waals surface area contributed by atoms with Crippen molar-refractivity contribution in [2.75, 3.05) is 5.32 Å². The molecule has 0 aliphatic carbocycles. The van der Waals surface area contributed by atoms with Crippen LogP contribution in [0.1, 0.15) is 11.1 Å². The molecule has 0 heterocycles. The SMILES string of the molecule is Cc1c(Cl)cccc1NC(=O)/C(C#N)=C\c1cc(I)c(O)cc1O. The second-order valence-corrected chi connectivity index (χ2v) is 6.47. The lowest BCUT2D eigenvalue weighted by atomic mass is 10.1. The van der Waals surface area contributed by atoms with Gasteiger partial charge in [-0.15, -0.1) is 0 Å². The molecule has 7 heteroatoms. The van der Waals surface area contributed by atoms with Crippen LogP contribution in [0.25, 0.3) is 6.08 Å². The third-order valence-corrected chi connectivity index (χ3v) is 4.55. The zero-order valence-electron chi connectivity index (χ0n) is 12.5. The molecule has 0 bridgehead atoms. The summed E-state index contributed by atoms with van der Waals surface area (Å²) in [6.07, 6.45) is 1.26. The third kappa shape index (κ3) is 3.99. The van der Waals surface area contributed by atoms with Gasteiger partial charge in [-0.25, -0.2) is 0 Å². The molecule has 0 atom stereocenters. The molecular formula is C17H12ClIN2O3. The Morgan fingerprint density at radius 1 is 1.33 bits per heavy atom. The summed E-state index contributed by atoms with van der Waals surface area (Å²) in [5.74, 6) is -0.930. The zero-order valence-corrected chi connectivity index (χ0v) is 15.4. The minimum atomic E-state index is -0.620. The van der Waals surface area contributed by atoms with Crippen LogP contribution in [0.5, 0.6) is 11.5 Å². The maximum absolute atomic E-state index is 12.3. The van der Waals surface area contributed by atoms with E-state index in [-0.39, 0.29) is 22.6 Å². The number of nitrogens with zero attached hydrogens (tertiary/aromatic N) is 1. The minimum absolute atomic E-state index is 0.0808. The number of hydrogen-bond donors (Lipinski definition) is 3. The summed E-state index contributed by atoms with van der Waals surface area (Å²) in [5.41, 5.74) is 1.25. The van der Waals surface area contributed by atoms with E-state index in [4.69, 9.17) is 11.6 Å². The first-order valence-corrected chi connectivity index (χ1v) is 8.19. The number of nitriles is 1. The van der Waals surface area contributed by atoms with Crippen molar-refractivity contribution in [2.24, 2.45) is 0 Å². The van der Waals surface area contributed by atoms with E-state index >= 15 is 0 Å². The first-order chi connectivity index (χ1) is 11.3. The summed E-state index contributed by atoms with van der Waals surface area (Å²) in [5, 5.41) is 31.7. The van der Waals surface area contributed by atoms with E-state index in [1.54, 1.807) is 31.2 Å². The maximum atomic E-state index is 12.3. The first-order valence-electron chi connectivity index (χ1n) is 6.73. The van der Waals surface area contributed by atoms with Crippen molar-refractivity contribution >= 4 is 51.9 Å². The molecule has 3 N–H and O–H groups in total. The number of anilines is 1. The van der Waals surface area contributed by atoms with Crippen molar-refractivity contribution in [3.05, 3.63) is 55.6 Å². The van der Waals surface area contributed by atoms with E-state index in [1.165, 1.54) is 12.1 Å². The summed E-state index contributed by atoms with van der Waals surface area (Å²) in [6.45, 7) is 1.75. The van der Waals surface area contributed by atoms with Crippen LogP contribution in [0, 0.1) is 21.8 Å². The summed E-state index contributed by atoms with van der Waals surface area (Å²) in [4.78, 5) is 12.3. The highest BCUT2D eigenvalue weighted by atomic mass is 127. The number of phenolic OH excluding ortho intramolecular Hbond substituents is 2. The number of hydrogen-bond acceptors (Lipinski definition) is 4. The maximum Gasteiger partial charge on any atom is 0.266 e. The van der Waals surface area contributed by atoms with Gasteiger partial charge < -0.3 is 15.5 Å². The van der Waals surface area contributed by atoms with Crippen LogP contribution in [0.2, 0.25) is 5.02 Å². The van der Waals surface area contributed by atoms with Gasteiger partial charge in [-0.2, -0.15) is 5.26 Å². The minimum Gasteiger partial charge on any atom is -0.507 e. The normalized spacial score (nSPS) is 11.0. The molecule has 122 valence electrons. The van der Waals surface area contributed by atoms with E-state index in [2.05, 4.69) is 5.32 Å². The Morgan fingerprint density at radius 2 is 2.04 bits per heavy atom.